The molecule has 0 heterocycles. The lowest BCUT2D eigenvalue weighted by molar-refractivity contribution is -0.116. The number of carbonyl (C=O) groups excluding carboxylic acids is 1. The lowest BCUT2D eigenvalue weighted by Gasteiger charge is -2.21. The molecular weight excluding hydrogens is 404 g/mol. The molecule has 0 aliphatic heterocycles. The van der Waals surface area contributed by atoms with Crippen LogP contribution in [0.2, 0.25) is 5.02 Å². The van der Waals surface area contributed by atoms with E-state index in [-0.39, 0.29) is 18.0 Å². The van der Waals surface area contributed by atoms with Gasteiger partial charge in [-0.15, -0.1) is 0 Å². The van der Waals surface area contributed by atoms with Crippen molar-refractivity contribution >= 4 is 33.2 Å². The molecule has 0 aliphatic rings. The second kappa shape index (κ2) is 9.27. The van der Waals surface area contributed by atoms with E-state index < -0.39 is 15.9 Å². The summed E-state index contributed by atoms with van der Waals surface area (Å²) in [5.74, 6) is 0.182. The van der Waals surface area contributed by atoms with Crippen molar-refractivity contribution in [3.05, 3.63) is 47.0 Å². The lowest BCUT2D eigenvalue weighted by Crippen LogP contribution is -2.37. The van der Waals surface area contributed by atoms with Gasteiger partial charge in [0.05, 0.1) is 36.4 Å². The quantitative estimate of drug-likeness (QED) is 0.699. The number of halogens is 1. The van der Waals surface area contributed by atoms with Gasteiger partial charge < -0.3 is 14.8 Å². The number of likely N-dealkylation sites (N-methyl/N-ethyl adjacent to an activating group) is 1. The minimum atomic E-state index is -3.80. The van der Waals surface area contributed by atoms with Gasteiger partial charge in [0.25, 0.3) is 0 Å². The standard InChI is InChI=1S/C19H23ClN2O5S/c1-5-22(28(24,25)14-8-6-13(2)7-9-14)12-19(23)21-16-11-17(26-3)15(20)10-18(16)27-4/h6-11H,5,12H2,1-4H3,(H,21,23). The van der Waals surface area contributed by atoms with Gasteiger partial charge in [0.15, 0.2) is 0 Å². The molecule has 0 radical (unpaired) electrons. The molecule has 0 atom stereocenters. The van der Waals surface area contributed by atoms with E-state index in [1.54, 1.807) is 19.1 Å². The first-order valence-corrected chi connectivity index (χ1v) is 10.3. The van der Waals surface area contributed by atoms with Gasteiger partial charge in [0, 0.05) is 18.7 Å². The Hall–Kier alpha value is -2.29. The van der Waals surface area contributed by atoms with Gasteiger partial charge in [0.2, 0.25) is 15.9 Å². The zero-order valence-corrected chi connectivity index (χ0v) is 17.7. The Morgan fingerprint density at radius 1 is 1.11 bits per heavy atom. The van der Waals surface area contributed by atoms with Crippen molar-refractivity contribution in [2.24, 2.45) is 0 Å². The van der Waals surface area contributed by atoms with Gasteiger partial charge in [-0.25, -0.2) is 8.42 Å². The van der Waals surface area contributed by atoms with E-state index in [9.17, 15) is 13.2 Å². The minimum absolute atomic E-state index is 0.137. The summed E-state index contributed by atoms with van der Waals surface area (Å²) in [6.07, 6.45) is 0. The average Bonchev–Trinajstić information content (AvgIpc) is 2.67. The normalized spacial score (nSPS) is 11.4. The molecule has 2 aromatic carbocycles. The molecule has 1 amide bonds. The van der Waals surface area contributed by atoms with E-state index in [1.165, 1.54) is 38.5 Å². The van der Waals surface area contributed by atoms with Gasteiger partial charge in [-0.05, 0) is 19.1 Å². The van der Waals surface area contributed by atoms with E-state index in [0.29, 0.717) is 22.2 Å². The molecule has 0 aromatic heterocycles. The highest BCUT2D eigenvalue weighted by molar-refractivity contribution is 7.89. The zero-order valence-electron chi connectivity index (χ0n) is 16.2. The maximum absolute atomic E-state index is 12.8. The van der Waals surface area contributed by atoms with Crippen molar-refractivity contribution in [1.82, 2.24) is 4.31 Å². The highest BCUT2D eigenvalue weighted by Gasteiger charge is 2.25. The van der Waals surface area contributed by atoms with Gasteiger partial charge >= 0.3 is 0 Å². The number of aryl methyl sites for hydroxylation is 1. The summed E-state index contributed by atoms with van der Waals surface area (Å²) in [6.45, 7) is 3.34. The van der Waals surface area contributed by atoms with Crippen molar-refractivity contribution < 1.29 is 22.7 Å². The average molecular weight is 427 g/mol. The van der Waals surface area contributed by atoms with Crippen molar-refractivity contribution in [3.63, 3.8) is 0 Å². The molecule has 0 spiro atoms. The minimum Gasteiger partial charge on any atom is -0.495 e. The van der Waals surface area contributed by atoms with E-state index in [4.69, 9.17) is 21.1 Å². The molecule has 2 aromatic rings. The Bertz CT molecular complexity index is 946. The van der Waals surface area contributed by atoms with E-state index >= 15 is 0 Å². The number of sulfonamides is 1. The second-order valence-electron chi connectivity index (χ2n) is 5.98. The maximum Gasteiger partial charge on any atom is 0.243 e. The number of ether oxygens (including phenoxy) is 2. The molecule has 0 saturated heterocycles. The van der Waals surface area contributed by atoms with Crippen LogP contribution in [0, 0.1) is 6.92 Å². The molecule has 152 valence electrons. The third kappa shape index (κ3) is 4.95. The molecule has 7 nitrogen and oxygen atoms in total. The van der Waals surface area contributed by atoms with Crippen LogP contribution in [0.15, 0.2) is 41.3 Å². The van der Waals surface area contributed by atoms with Crippen molar-refractivity contribution in [1.29, 1.82) is 0 Å². The first-order valence-electron chi connectivity index (χ1n) is 8.51. The van der Waals surface area contributed by atoms with E-state index in [2.05, 4.69) is 5.32 Å². The molecule has 1 N–H and O–H groups in total. The van der Waals surface area contributed by atoms with Crippen LogP contribution in [0.1, 0.15) is 12.5 Å². The van der Waals surface area contributed by atoms with Gasteiger partial charge in [-0.2, -0.15) is 4.31 Å². The smallest absolute Gasteiger partial charge is 0.243 e. The zero-order chi connectivity index (χ0) is 20.9. The molecule has 9 heteroatoms. The fourth-order valence-electron chi connectivity index (χ4n) is 2.53. The Kier molecular flexibility index (Phi) is 7.29. The molecule has 0 fully saturated rings. The molecule has 28 heavy (non-hydrogen) atoms. The maximum atomic E-state index is 12.8. The summed E-state index contributed by atoms with van der Waals surface area (Å²) in [5.41, 5.74) is 1.28. The highest BCUT2D eigenvalue weighted by atomic mass is 35.5. The Morgan fingerprint density at radius 3 is 2.25 bits per heavy atom. The fourth-order valence-corrected chi connectivity index (χ4v) is 4.17. The van der Waals surface area contributed by atoms with Crippen LogP contribution in [-0.2, 0) is 14.8 Å². The van der Waals surface area contributed by atoms with Crippen molar-refractivity contribution in [2.45, 2.75) is 18.7 Å². The summed E-state index contributed by atoms with van der Waals surface area (Å²) in [7, 11) is -0.906. The number of rotatable bonds is 8. The van der Waals surface area contributed by atoms with Crippen LogP contribution in [0.5, 0.6) is 11.5 Å². The Labute approximate surface area is 170 Å². The predicted octanol–water partition coefficient (Wildman–Crippen LogP) is 3.31. The van der Waals surface area contributed by atoms with Crippen LogP contribution in [0.25, 0.3) is 0 Å². The first-order chi connectivity index (χ1) is 13.2. The van der Waals surface area contributed by atoms with Gasteiger partial charge in [-0.1, -0.05) is 36.2 Å². The van der Waals surface area contributed by atoms with Crippen LogP contribution in [-0.4, -0.2) is 45.9 Å². The molecule has 0 aliphatic carbocycles. The third-order valence-corrected chi connectivity index (χ3v) is 6.31. The van der Waals surface area contributed by atoms with Gasteiger partial charge in [-0.3, -0.25) is 4.79 Å². The van der Waals surface area contributed by atoms with Crippen LogP contribution < -0.4 is 14.8 Å². The van der Waals surface area contributed by atoms with Gasteiger partial charge in [0.1, 0.15) is 11.5 Å². The highest BCUT2D eigenvalue weighted by Crippen LogP contribution is 2.35. The SMILES string of the molecule is CCN(CC(=O)Nc1cc(OC)c(Cl)cc1OC)S(=O)(=O)c1ccc(C)cc1. The number of methoxy groups -OCH3 is 2. The second-order valence-corrected chi connectivity index (χ2v) is 8.32. The summed E-state index contributed by atoms with van der Waals surface area (Å²) in [6, 6.07) is 9.51. The third-order valence-electron chi connectivity index (χ3n) is 4.08. The topological polar surface area (TPSA) is 84.9 Å². The number of amides is 1. The predicted molar refractivity (Wildman–Crippen MR) is 109 cm³/mol. The number of hydrogen-bond acceptors (Lipinski definition) is 5. The molecule has 0 saturated carbocycles. The lowest BCUT2D eigenvalue weighted by atomic mass is 10.2. The monoisotopic (exact) mass is 426 g/mol. The summed E-state index contributed by atoms with van der Waals surface area (Å²) < 4.78 is 37.1. The number of anilines is 1. The molecule has 2 rings (SSSR count). The van der Waals surface area contributed by atoms with Crippen LogP contribution in [0.3, 0.4) is 0 Å². The van der Waals surface area contributed by atoms with E-state index in [0.717, 1.165) is 9.87 Å². The molecule has 0 unspecified atom stereocenters. The Balaban J connectivity index is 2.22. The fraction of sp³-hybridized carbons (Fsp3) is 0.316. The van der Waals surface area contributed by atoms with E-state index in [1.807, 2.05) is 6.92 Å². The number of benzene rings is 2. The summed E-state index contributed by atoms with van der Waals surface area (Å²) in [4.78, 5) is 12.7. The Morgan fingerprint density at radius 2 is 1.71 bits per heavy atom. The summed E-state index contributed by atoms with van der Waals surface area (Å²) >= 11 is 6.06. The molecular formula is C19H23ClN2O5S. The molecule has 0 bridgehead atoms. The summed E-state index contributed by atoms with van der Waals surface area (Å²) in [5, 5.41) is 2.98. The van der Waals surface area contributed by atoms with Crippen molar-refractivity contribution in [2.75, 3.05) is 32.6 Å². The number of nitrogens with one attached hydrogen (secondary N) is 1. The van der Waals surface area contributed by atoms with Crippen LogP contribution in [0.4, 0.5) is 5.69 Å². The number of nitrogens with zero attached hydrogens (tertiary/aromatic N) is 1. The van der Waals surface area contributed by atoms with Crippen LogP contribution >= 0.6 is 11.6 Å². The number of hydrogen-bond donors (Lipinski definition) is 1. The largest absolute Gasteiger partial charge is 0.495 e. The number of carbonyl (C=O) groups is 1. The first kappa shape index (κ1) is 22.0. The van der Waals surface area contributed by atoms with Crippen molar-refractivity contribution in [3.8, 4) is 11.5 Å².